The maximum atomic E-state index is 11.1. The minimum atomic E-state index is -1.12. The van der Waals surface area contributed by atoms with E-state index in [0.29, 0.717) is 25.2 Å². The summed E-state index contributed by atoms with van der Waals surface area (Å²) in [5.41, 5.74) is 0.642. The number of carbonyl (C=O) groups is 3. The third-order valence-corrected chi connectivity index (χ3v) is 2.35. The van der Waals surface area contributed by atoms with Crippen molar-refractivity contribution in [2.75, 3.05) is 13.2 Å². The van der Waals surface area contributed by atoms with Gasteiger partial charge in [0.25, 0.3) is 0 Å². The molecule has 0 aliphatic carbocycles. The van der Waals surface area contributed by atoms with Gasteiger partial charge in [0, 0.05) is 18.1 Å². The predicted octanol–water partition coefficient (Wildman–Crippen LogP) is 2.02. The second-order valence-corrected chi connectivity index (χ2v) is 4.18. The number of carboxylic acids is 1. The summed E-state index contributed by atoms with van der Waals surface area (Å²) < 4.78 is 9.32. The Hall–Kier alpha value is -2.37. The Kier molecular flexibility index (Phi) is 9.25. The first-order valence-corrected chi connectivity index (χ1v) is 6.50. The van der Waals surface area contributed by atoms with E-state index in [1.54, 1.807) is 0 Å². The molecule has 0 aromatic carbocycles. The molecule has 116 valence electrons. The zero-order valence-corrected chi connectivity index (χ0v) is 12.1. The molecule has 1 N–H and O–H groups in total. The van der Waals surface area contributed by atoms with Crippen LogP contribution < -0.4 is 0 Å². The molecule has 1 fully saturated rings. The van der Waals surface area contributed by atoms with Gasteiger partial charge in [-0.25, -0.2) is 14.4 Å². The van der Waals surface area contributed by atoms with Gasteiger partial charge >= 0.3 is 17.9 Å². The van der Waals surface area contributed by atoms with Crippen LogP contribution in [0.4, 0.5) is 0 Å². The summed E-state index contributed by atoms with van der Waals surface area (Å²) in [5, 5.41) is 8.28. The van der Waals surface area contributed by atoms with Crippen LogP contribution in [0.3, 0.4) is 0 Å². The second kappa shape index (κ2) is 10.4. The third-order valence-electron chi connectivity index (χ3n) is 2.35. The van der Waals surface area contributed by atoms with Crippen LogP contribution in [0.2, 0.25) is 0 Å². The fraction of sp³-hybridized carbons (Fsp3) is 0.400. The standard InChI is InChI=1S/C10H14O4.C5H6O2/c1-3-4-7-14-10(13)8(2)5-6-9(11)12;1-4-2-3-7-5(4)6/h5-6H,2-4,7H2,1H3,(H,11,12);1-3H2. The van der Waals surface area contributed by atoms with E-state index in [2.05, 4.69) is 17.9 Å². The van der Waals surface area contributed by atoms with Crippen LogP contribution in [-0.2, 0) is 23.9 Å². The lowest BCUT2D eigenvalue weighted by atomic mass is 10.3. The molecule has 0 unspecified atom stereocenters. The van der Waals surface area contributed by atoms with Gasteiger partial charge in [-0.2, -0.15) is 0 Å². The molecule has 1 heterocycles. The Balaban J connectivity index is 0.000000471. The first-order chi connectivity index (χ1) is 9.88. The van der Waals surface area contributed by atoms with Crippen molar-refractivity contribution in [3.63, 3.8) is 0 Å². The highest BCUT2D eigenvalue weighted by Gasteiger charge is 2.14. The van der Waals surface area contributed by atoms with Crippen molar-refractivity contribution >= 4 is 17.9 Å². The van der Waals surface area contributed by atoms with Crippen molar-refractivity contribution in [1.29, 1.82) is 0 Å². The second-order valence-electron chi connectivity index (χ2n) is 4.18. The van der Waals surface area contributed by atoms with Crippen molar-refractivity contribution in [2.45, 2.75) is 26.2 Å². The van der Waals surface area contributed by atoms with Crippen LogP contribution in [0.5, 0.6) is 0 Å². The number of aliphatic carboxylic acids is 1. The number of hydrogen-bond donors (Lipinski definition) is 1. The number of carbonyl (C=O) groups excluding carboxylic acids is 2. The molecule has 1 aliphatic rings. The molecule has 21 heavy (non-hydrogen) atoms. The highest BCUT2D eigenvalue weighted by Crippen LogP contribution is 2.08. The van der Waals surface area contributed by atoms with Gasteiger partial charge in [-0.1, -0.05) is 26.5 Å². The van der Waals surface area contributed by atoms with Gasteiger partial charge in [0.05, 0.1) is 18.8 Å². The van der Waals surface area contributed by atoms with E-state index in [0.717, 1.165) is 25.0 Å². The number of esters is 2. The molecule has 0 amide bonds. The highest BCUT2D eigenvalue weighted by molar-refractivity contribution is 5.93. The average molecular weight is 296 g/mol. The van der Waals surface area contributed by atoms with Crippen LogP contribution in [0, 0.1) is 0 Å². The molecule has 1 aliphatic heterocycles. The number of ether oxygens (including phenoxy) is 2. The Morgan fingerprint density at radius 3 is 2.48 bits per heavy atom. The van der Waals surface area contributed by atoms with E-state index in [4.69, 9.17) is 9.84 Å². The summed E-state index contributed by atoms with van der Waals surface area (Å²) in [5.74, 6) is -1.93. The minimum Gasteiger partial charge on any atom is -0.478 e. The largest absolute Gasteiger partial charge is 0.478 e. The quantitative estimate of drug-likeness (QED) is 0.349. The molecular weight excluding hydrogens is 276 g/mol. The zero-order chi connectivity index (χ0) is 16.3. The zero-order valence-electron chi connectivity index (χ0n) is 12.1. The summed E-state index contributed by atoms with van der Waals surface area (Å²) in [6.45, 7) is 9.69. The molecule has 0 saturated carbocycles. The highest BCUT2D eigenvalue weighted by atomic mass is 16.5. The first kappa shape index (κ1) is 18.6. The SMILES string of the molecule is C=C(C=CC(=O)O)C(=O)OCCCC.C=C1CCOC1=O. The third kappa shape index (κ3) is 9.21. The molecular formula is C15H20O6. The molecule has 6 nitrogen and oxygen atoms in total. The van der Waals surface area contributed by atoms with Gasteiger partial charge in [-0.05, 0) is 12.5 Å². The number of unbranched alkanes of at least 4 members (excludes halogenated alkanes) is 1. The lowest BCUT2D eigenvalue weighted by Gasteiger charge is -2.02. The summed E-state index contributed by atoms with van der Waals surface area (Å²) >= 11 is 0. The fourth-order valence-electron chi connectivity index (χ4n) is 1.11. The smallest absolute Gasteiger partial charge is 0.337 e. The van der Waals surface area contributed by atoms with Crippen molar-refractivity contribution in [3.8, 4) is 0 Å². The number of hydrogen-bond acceptors (Lipinski definition) is 5. The summed E-state index contributed by atoms with van der Waals surface area (Å²) in [7, 11) is 0. The van der Waals surface area contributed by atoms with Crippen LogP contribution in [0.15, 0.2) is 36.5 Å². The van der Waals surface area contributed by atoms with Gasteiger partial charge in [0.2, 0.25) is 0 Å². The summed E-state index contributed by atoms with van der Waals surface area (Å²) in [6, 6.07) is 0. The predicted molar refractivity (Wildman–Crippen MR) is 76.5 cm³/mol. The molecule has 0 atom stereocenters. The average Bonchev–Trinajstić information content (AvgIpc) is 2.81. The van der Waals surface area contributed by atoms with Crippen LogP contribution in [0.25, 0.3) is 0 Å². The molecule has 0 bridgehead atoms. The topological polar surface area (TPSA) is 89.9 Å². The van der Waals surface area contributed by atoms with Gasteiger partial charge in [-0.3, -0.25) is 0 Å². The maximum absolute atomic E-state index is 11.1. The van der Waals surface area contributed by atoms with E-state index in [9.17, 15) is 14.4 Å². The molecule has 0 radical (unpaired) electrons. The number of cyclic esters (lactones) is 1. The molecule has 0 spiro atoms. The monoisotopic (exact) mass is 296 g/mol. The lowest BCUT2D eigenvalue weighted by Crippen LogP contribution is -2.07. The number of rotatable bonds is 6. The molecule has 1 rings (SSSR count). The van der Waals surface area contributed by atoms with E-state index in [-0.39, 0.29) is 11.5 Å². The Morgan fingerprint density at radius 1 is 1.43 bits per heavy atom. The van der Waals surface area contributed by atoms with Gasteiger partial charge in [0.15, 0.2) is 0 Å². The van der Waals surface area contributed by atoms with E-state index >= 15 is 0 Å². The van der Waals surface area contributed by atoms with Gasteiger partial charge in [-0.15, -0.1) is 0 Å². The van der Waals surface area contributed by atoms with Crippen LogP contribution >= 0.6 is 0 Å². The van der Waals surface area contributed by atoms with Gasteiger partial charge in [0.1, 0.15) is 0 Å². The van der Waals surface area contributed by atoms with Gasteiger partial charge < -0.3 is 14.6 Å². The normalized spacial score (nSPS) is 13.4. The van der Waals surface area contributed by atoms with Crippen LogP contribution in [-0.4, -0.2) is 36.2 Å². The van der Waals surface area contributed by atoms with E-state index in [1.165, 1.54) is 0 Å². The molecule has 6 heteroatoms. The van der Waals surface area contributed by atoms with Crippen molar-refractivity contribution < 1.29 is 29.0 Å². The fourth-order valence-corrected chi connectivity index (χ4v) is 1.11. The molecule has 1 saturated heterocycles. The molecule has 0 aromatic rings. The van der Waals surface area contributed by atoms with Crippen molar-refractivity contribution in [1.82, 2.24) is 0 Å². The Morgan fingerprint density at radius 2 is 2.10 bits per heavy atom. The Labute approximate surface area is 123 Å². The van der Waals surface area contributed by atoms with Crippen molar-refractivity contribution in [3.05, 3.63) is 36.5 Å². The first-order valence-electron chi connectivity index (χ1n) is 6.50. The van der Waals surface area contributed by atoms with E-state index < -0.39 is 11.9 Å². The van der Waals surface area contributed by atoms with Crippen LogP contribution in [0.1, 0.15) is 26.2 Å². The lowest BCUT2D eigenvalue weighted by molar-refractivity contribution is -0.138. The summed E-state index contributed by atoms with van der Waals surface area (Å²) in [6.07, 6.45) is 4.41. The minimum absolute atomic E-state index is 0.0449. The maximum Gasteiger partial charge on any atom is 0.337 e. The number of carboxylic acid groups (broad SMARTS) is 1. The summed E-state index contributed by atoms with van der Waals surface area (Å²) in [4.78, 5) is 31.4. The van der Waals surface area contributed by atoms with Crippen molar-refractivity contribution in [2.24, 2.45) is 0 Å². The Bertz CT molecular complexity index is 433. The van der Waals surface area contributed by atoms with E-state index in [1.807, 2.05) is 6.92 Å². The molecule has 0 aromatic heterocycles.